The zero-order valence-corrected chi connectivity index (χ0v) is 37.7. The van der Waals surface area contributed by atoms with Crippen LogP contribution >= 0.6 is 0 Å². The van der Waals surface area contributed by atoms with Gasteiger partial charge in [-0.05, 0) is 119 Å². The van der Waals surface area contributed by atoms with Gasteiger partial charge in [-0.2, -0.15) is 33.7 Å². The van der Waals surface area contributed by atoms with Gasteiger partial charge in [0.25, 0.3) is 40.5 Å². The van der Waals surface area contributed by atoms with E-state index >= 15 is 0 Å². The Labute approximate surface area is 391 Å². The molecule has 0 aromatic heterocycles. The largest absolute Gasteiger partial charge is 2.00 e. The minimum atomic E-state index is -4.56. The second-order valence-corrected chi connectivity index (χ2v) is 20.0. The van der Waals surface area contributed by atoms with E-state index in [1.807, 2.05) is 0 Å². The molecule has 0 unspecified atom stereocenters. The molecule has 0 saturated heterocycles. The van der Waals surface area contributed by atoms with E-state index in [1.54, 1.807) is 48.6 Å². The average Bonchev–Trinajstić information content (AvgIpc) is 4.08. The molecule has 0 amide bonds. The molecule has 4 aromatic rings. The van der Waals surface area contributed by atoms with Crippen molar-refractivity contribution < 1.29 is 54.7 Å². The molecule has 0 aliphatic carbocycles. The Bertz CT molecular complexity index is 3160. The maximum Gasteiger partial charge on any atom is 2.00 e. The number of allylic oxidation sites excluding steroid dienone is 12. The number of benzene rings is 4. The molecule has 4 aromatic carbocycles. The van der Waals surface area contributed by atoms with E-state index in [9.17, 15) is 51.9 Å². The van der Waals surface area contributed by atoms with Gasteiger partial charge in [-0.25, -0.2) is 20.0 Å². The van der Waals surface area contributed by atoms with E-state index < -0.39 is 40.5 Å². The fourth-order valence-corrected chi connectivity index (χ4v) is 9.36. The third kappa shape index (κ3) is 8.98. The van der Waals surface area contributed by atoms with E-state index in [4.69, 9.17) is 20.0 Å². The number of nitrogens with zero attached hydrogens (tertiary/aromatic N) is 4. The van der Waals surface area contributed by atoms with Gasteiger partial charge in [0.05, 0.1) is 65.2 Å². The SMILES string of the molecule is O=S(=O)(O)c1ccc(C2=C3C=CC(=N3)C(c3ccc(S(=O)(=O)O)cc3)=C3C=CC(=N3)C(c3ccc(S(=O)(=O)O)cc3)=C3C=CC(=N3)C(c3ccc(S(=O)(=O)O)cc3)=C3C=CC2=N3)cc1.[H-].[H-].[Mg+2]. The number of hydrogen-bond donors (Lipinski definition) is 4. The summed E-state index contributed by atoms with van der Waals surface area (Å²) in [6.45, 7) is 0. The third-order valence-corrected chi connectivity index (χ3v) is 13.8. The summed E-state index contributed by atoms with van der Waals surface area (Å²) in [6.07, 6.45) is 13.6. The Hall–Kier alpha value is -6.11. The van der Waals surface area contributed by atoms with Gasteiger partial charge in [0, 0.05) is 22.3 Å². The molecule has 5 aliphatic heterocycles. The predicted molar refractivity (Wildman–Crippen MR) is 247 cm³/mol. The third-order valence-electron chi connectivity index (χ3n) is 10.4. The van der Waals surface area contributed by atoms with Crippen molar-refractivity contribution in [2.75, 3.05) is 0 Å². The fourth-order valence-electron chi connectivity index (χ4n) is 7.44. The zero-order chi connectivity index (χ0) is 45.3. The van der Waals surface area contributed by atoms with Gasteiger partial charge in [0.15, 0.2) is 0 Å². The van der Waals surface area contributed by atoms with Crippen LogP contribution in [0.25, 0.3) is 22.3 Å². The van der Waals surface area contributed by atoms with E-state index in [2.05, 4.69) is 0 Å². The number of hydrogen-bond acceptors (Lipinski definition) is 12. The molecule has 0 atom stereocenters. The number of rotatable bonds is 8. The fraction of sp³-hybridized carbons (Fsp3) is 0. The van der Waals surface area contributed by atoms with Gasteiger partial charge in [0.1, 0.15) is 0 Å². The Balaban J connectivity index is 0.00000247. The van der Waals surface area contributed by atoms with Crippen molar-refractivity contribution in [2.24, 2.45) is 20.0 Å². The molecule has 16 nitrogen and oxygen atoms in total. The first-order valence-electron chi connectivity index (χ1n) is 18.6. The van der Waals surface area contributed by atoms with Crippen molar-refractivity contribution in [3.8, 4) is 0 Å². The summed E-state index contributed by atoms with van der Waals surface area (Å²) in [7, 11) is -18.2. The molecule has 21 heteroatoms. The standard InChI is InChI=1S/C44H28N4O12S4.Mg.2H/c49-61(50,51)29-9-1-25(2-10-29)41-33-17-19-35(45-33)42(26-3-11-30(12-4-26)62(52,53)54)37-21-23-39(47-37)44(28-7-15-32(16-8-28)64(58,59)60)40-24-22-38(48-40)43(36-20-18-34(41)46-36)27-5-13-31(14-6-27)63(55,56)57;;;/h1-24H,(H,49,50,51)(H,52,53,54)(H,55,56,57)(H,58,59,60);;;/q;+2;2*-1. The van der Waals surface area contributed by atoms with E-state index in [0.717, 1.165) is 0 Å². The molecule has 9 rings (SSSR count). The smallest absolute Gasteiger partial charge is 1.00 e. The van der Waals surface area contributed by atoms with Gasteiger partial charge in [-0.15, -0.1) is 0 Å². The van der Waals surface area contributed by atoms with Gasteiger partial charge in [-0.1, -0.05) is 48.5 Å². The van der Waals surface area contributed by atoms with Crippen LogP contribution in [0.15, 0.2) is 208 Å². The monoisotopic (exact) mass is 958 g/mol. The molecule has 0 fully saturated rings. The van der Waals surface area contributed by atoms with Crippen molar-refractivity contribution in [1.82, 2.24) is 0 Å². The van der Waals surface area contributed by atoms with Crippen molar-refractivity contribution in [1.29, 1.82) is 0 Å². The molecule has 0 saturated carbocycles. The number of fused-ring (bicyclic) bond motifs is 4. The van der Waals surface area contributed by atoms with Crippen LogP contribution in [0.4, 0.5) is 0 Å². The second kappa shape index (κ2) is 16.7. The summed E-state index contributed by atoms with van der Waals surface area (Å²) in [5.74, 6) is 0. The van der Waals surface area contributed by atoms with Gasteiger partial charge in [-0.3, -0.25) is 18.2 Å². The van der Waals surface area contributed by atoms with Crippen LogP contribution in [0.3, 0.4) is 0 Å². The molecule has 0 radical (unpaired) electrons. The summed E-state index contributed by atoms with van der Waals surface area (Å²) >= 11 is 0. The van der Waals surface area contributed by atoms with Crippen LogP contribution in [0.1, 0.15) is 25.1 Å². The van der Waals surface area contributed by atoms with E-state index in [0.29, 0.717) is 90.2 Å². The maximum absolute atomic E-state index is 12.0. The van der Waals surface area contributed by atoms with E-state index in [-0.39, 0.29) is 45.5 Å². The van der Waals surface area contributed by atoms with Crippen LogP contribution in [-0.2, 0) is 40.5 Å². The number of aliphatic imine (C=N–C) groups is 4. The molecule has 5 aliphatic rings. The predicted octanol–water partition coefficient (Wildman–Crippen LogP) is 6.52. The quantitative estimate of drug-likeness (QED) is 0.109. The molecule has 8 bridgehead atoms. The van der Waals surface area contributed by atoms with Crippen molar-refractivity contribution in [3.05, 3.63) is 191 Å². The van der Waals surface area contributed by atoms with Crippen molar-refractivity contribution in [3.63, 3.8) is 0 Å². The molecular formula is C44H30MgN4O12S4. The average molecular weight is 959 g/mol. The molecule has 65 heavy (non-hydrogen) atoms. The molecule has 5 heterocycles. The Morgan fingerprint density at radius 2 is 0.462 bits per heavy atom. The minimum absolute atomic E-state index is 0. The molecule has 4 N–H and O–H groups in total. The van der Waals surface area contributed by atoms with Crippen molar-refractivity contribution >= 4 is 109 Å². The van der Waals surface area contributed by atoms with Crippen LogP contribution in [0.2, 0.25) is 0 Å². The van der Waals surface area contributed by atoms with Crippen LogP contribution in [-0.4, -0.2) is 97.8 Å². The summed E-state index contributed by atoms with van der Waals surface area (Å²) < 4.78 is 135. The first-order valence-corrected chi connectivity index (χ1v) is 24.4. The topological polar surface area (TPSA) is 267 Å². The normalized spacial score (nSPS) is 17.2. The zero-order valence-electron chi connectivity index (χ0n) is 35.0. The van der Waals surface area contributed by atoms with Crippen LogP contribution < -0.4 is 0 Å². The first-order chi connectivity index (χ1) is 30.2. The minimum Gasteiger partial charge on any atom is -1.00 e. The van der Waals surface area contributed by atoms with Crippen molar-refractivity contribution in [2.45, 2.75) is 19.6 Å². The van der Waals surface area contributed by atoms with Gasteiger partial charge >= 0.3 is 23.1 Å². The molecule has 0 spiro atoms. The second-order valence-electron chi connectivity index (χ2n) is 14.4. The first kappa shape index (κ1) is 45.5. The van der Waals surface area contributed by atoms with E-state index in [1.165, 1.54) is 97.1 Å². The Morgan fingerprint density at radius 3 is 0.615 bits per heavy atom. The summed E-state index contributed by atoms with van der Waals surface area (Å²) in [4.78, 5) is 18.7. The Morgan fingerprint density at radius 1 is 0.292 bits per heavy atom. The summed E-state index contributed by atoms with van der Waals surface area (Å²) in [6, 6.07) is 21.6. The van der Waals surface area contributed by atoms with Crippen LogP contribution in [0, 0.1) is 0 Å². The molecule has 324 valence electrons. The molecular weight excluding hydrogens is 929 g/mol. The van der Waals surface area contributed by atoms with Gasteiger partial charge in [0.2, 0.25) is 0 Å². The van der Waals surface area contributed by atoms with Crippen LogP contribution in [0.5, 0.6) is 0 Å². The summed E-state index contributed by atoms with van der Waals surface area (Å²) in [5.41, 5.74) is 6.28. The van der Waals surface area contributed by atoms with Gasteiger partial charge < -0.3 is 2.85 Å². The Kier molecular flexibility index (Phi) is 11.7. The summed E-state index contributed by atoms with van der Waals surface area (Å²) in [5, 5.41) is 0. The maximum atomic E-state index is 12.0.